The van der Waals surface area contributed by atoms with Crippen molar-refractivity contribution in [2.75, 3.05) is 44.9 Å². The van der Waals surface area contributed by atoms with E-state index < -0.39 is 17.7 Å². The van der Waals surface area contributed by atoms with Gasteiger partial charge in [0.25, 0.3) is 0 Å². The first-order valence-electron chi connectivity index (χ1n) is 16.8. The molecule has 1 aliphatic carbocycles. The molecule has 1 atom stereocenters. The number of methoxy groups -OCH3 is 1. The van der Waals surface area contributed by atoms with Crippen molar-refractivity contribution in [1.29, 1.82) is 0 Å². The minimum atomic E-state index is -1.18. The Bertz CT molecular complexity index is 1490. The fourth-order valence-electron chi connectivity index (χ4n) is 6.84. The van der Waals surface area contributed by atoms with Crippen LogP contribution in [0.1, 0.15) is 81.5 Å². The van der Waals surface area contributed by atoms with Crippen molar-refractivity contribution in [2.24, 2.45) is 5.41 Å². The normalized spacial score (nSPS) is 16.6. The van der Waals surface area contributed by atoms with Crippen LogP contribution in [0.2, 0.25) is 0 Å². The van der Waals surface area contributed by atoms with Gasteiger partial charge in [0, 0.05) is 56.5 Å². The van der Waals surface area contributed by atoms with Crippen LogP contribution >= 0.6 is 0 Å². The summed E-state index contributed by atoms with van der Waals surface area (Å²) in [5, 5.41) is 14.0. The zero-order valence-electron chi connectivity index (χ0n) is 28.5. The molecular weight excluding hydrogens is 597 g/mol. The highest BCUT2D eigenvalue weighted by Crippen LogP contribution is 2.51. The highest BCUT2D eigenvalue weighted by molar-refractivity contribution is 5.88. The molecule has 2 aromatic carbocycles. The summed E-state index contributed by atoms with van der Waals surface area (Å²) in [7, 11) is 1.68. The van der Waals surface area contributed by atoms with Crippen LogP contribution in [0.5, 0.6) is 5.75 Å². The van der Waals surface area contributed by atoms with Gasteiger partial charge < -0.3 is 29.5 Å². The first-order valence-corrected chi connectivity index (χ1v) is 16.8. The van der Waals surface area contributed by atoms with E-state index in [2.05, 4.69) is 10.2 Å². The Hall–Kier alpha value is -3.53. The summed E-state index contributed by atoms with van der Waals surface area (Å²) in [5.74, 6) is -0.555. The standard InChI is InChI=1S/C38H50FN3O5/c1-26-32(35(36(43)44)47-37(2,3)4)34(42-21-18-38(19-22-42)16-6-17-38)33(31(41-26)25-40-20-24-45-5)28-9-13-30(14-10-28)46-23-15-27-7-11-29(39)12-8-27/h7-14,35,40H,6,15-25H2,1-5H3,(H,43,44). The lowest BCUT2D eigenvalue weighted by atomic mass is 9.63. The Morgan fingerprint density at radius 1 is 1.04 bits per heavy atom. The Labute approximate surface area is 278 Å². The number of aliphatic carboxylic acids is 1. The van der Waals surface area contributed by atoms with Gasteiger partial charge >= 0.3 is 5.97 Å². The van der Waals surface area contributed by atoms with E-state index in [-0.39, 0.29) is 5.82 Å². The van der Waals surface area contributed by atoms with E-state index in [1.807, 2.05) is 52.0 Å². The monoisotopic (exact) mass is 647 g/mol. The minimum Gasteiger partial charge on any atom is -0.493 e. The van der Waals surface area contributed by atoms with Gasteiger partial charge in [0.2, 0.25) is 0 Å². The summed E-state index contributed by atoms with van der Waals surface area (Å²) in [5.41, 5.74) is 5.63. The van der Waals surface area contributed by atoms with Crippen LogP contribution in [0.15, 0.2) is 48.5 Å². The summed E-state index contributed by atoms with van der Waals surface area (Å²) in [6.45, 7) is 11.4. The van der Waals surface area contributed by atoms with Crippen molar-refractivity contribution < 1.29 is 28.5 Å². The second-order valence-electron chi connectivity index (χ2n) is 14.0. The SMILES string of the molecule is COCCNCc1nc(C)c(C(OC(C)(C)C)C(=O)O)c(N2CCC3(CCC3)CC2)c1-c1ccc(OCCc2ccc(F)cc2)cc1. The Kier molecular flexibility index (Phi) is 11.2. The molecule has 0 radical (unpaired) electrons. The first kappa shape index (κ1) is 34.8. The van der Waals surface area contributed by atoms with Gasteiger partial charge in [-0.15, -0.1) is 0 Å². The number of benzene rings is 2. The molecule has 254 valence electrons. The molecule has 3 aromatic rings. The van der Waals surface area contributed by atoms with Crippen molar-refractivity contribution in [3.8, 4) is 16.9 Å². The lowest BCUT2D eigenvalue weighted by Crippen LogP contribution is -2.44. The van der Waals surface area contributed by atoms with Gasteiger partial charge in [-0.05, 0) is 94.2 Å². The van der Waals surface area contributed by atoms with E-state index in [0.29, 0.717) is 49.4 Å². The van der Waals surface area contributed by atoms with Gasteiger partial charge in [-0.3, -0.25) is 4.98 Å². The average molecular weight is 648 g/mol. The molecule has 1 aromatic heterocycles. The molecule has 1 spiro atoms. The summed E-state index contributed by atoms with van der Waals surface area (Å²) < 4.78 is 30.9. The van der Waals surface area contributed by atoms with Gasteiger partial charge in [-0.25, -0.2) is 9.18 Å². The molecule has 9 heteroatoms. The van der Waals surface area contributed by atoms with Gasteiger partial charge in [-0.1, -0.05) is 30.7 Å². The number of pyridine rings is 1. The number of aryl methyl sites for hydroxylation is 1. The highest BCUT2D eigenvalue weighted by Gasteiger charge is 2.42. The molecule has 1 unspecified atom stereocenters. The Balaban J connectivity index is 1.55. The number of nitrogens with zero attached hydrogens (tertiary/aromatic N) is 2. The molecule has 47 heavy (non-hydrogen) atoms. The molecule has 5 rings (SSSR count). The highest BCUT2D eigenvalue weighted by atomic mass is 19.1. The third-order valence-corrected chi connectivity index (χ3v) is 9.48. The Morgan fingerprint density at radius 2 is 1.72 bits per heavy atom. The molecular formula is C38H50FN3O5. The van der Waals surface area contributed by atoms with Crippen LogP contribution in [-0.4, -0.2) is 61.6 Å². The number of anilines is 1. The molecule has 2 N–H and O–H groups in total. The molecule has 1 saturated heterocycles. The fraction of sp³-hybridized carbons (Fsp3) is 0.526. The van der Waals surface area contributed by atoms with E-state index in [0.717, 1.165) is 59.8 Å². The van der Waals surface area contributed by atoms with Crippen LogP contribution in [0, 0.1) is 18.2 Å². The lowest BCUT2D eigenvalue weighted by molar-refractivity contribution is -0.160. The van der Waals surface area contributed by atoms with Gasteiger partial charge in [-0.2, -0.15) is 0 Å². The maximum absolute atomic E-state index is 13.3. The number of halogens is 1. The van der Waals surface area contributed by atoms with Crippen molar-refractivity contribution in [3.05, 3.63) is 76.9 Å². The molecule has 8 nitrogen and oxygen atoms in total. The number of hydrogen-bond donors (Lipinski definition) is 2. The van der Waals surface area contributed by atoms with Gasteiger partial charge in [0.05, 0.1) is 30.2 Å². The van der Waals surface area contributed by atoms with Crippen LogP contribution < -0.4 is 15.0 Å². The van der Waals surface area contributed by atoms with Gasteiger partial charge in [0.15, 0.2) is 6.10 Å². The van der Waals surface area contributed by atoms with Crippen molar-refractivity contribution in [2.45, 2.75) is 84.5 Å². The second kappa shape index (κ2) is 15.1. The number of nitrogens with one attached hydrogen (secondary N) is 1. The number of carbonyl (C=O) groups is 1. The lowest BCUT2D eigenvalue weighted by Gasteiger charge is -2.49. The number of piperidine rings is 1. The van der Waals surface area contributed by atoms with Crippen LogP contribution in [-0.2, 0) is 27.2 Å². The van der Waals surface area contributed by atoms with Crippen molar-refractivity contribution in [3.63, 3.8) is 0 Å². The number of carboxylic acids is 1. The number of carboxylic acid groups (broad SMARTS) is 1. The molecule has 0 amide bonds. The maximum atomic E-state index is 13.3. The molecule has 2 fully saturated rings. The fourth-order valence-corrected chi connectivity index (χ4v) is 6.84. The number of rotatable bonds is 14. The van der Waals surface area contributed by atoms with Crippen LogP contribution in [0.25, 0.3) is 11.1 Å². The topological polar surface area (TPSA) is 93.1 Å². The van der Waals surface area contributed by atoms with Gasteiger partial charge in [0.1, 0.15) is 11.6 Å². The van der Waals surface area contributed by atoms with E-state index in [9.17, 15) is 14.3 Å². The predicted molar refractivity (Wildman–Crippen MR) is 183 cm³/mol. The van der Waals surface area contributed by atoms with E-state index in [1.165, 1.54) is 31.4 Å². The van der Waals surface area contributed by atoms with Crippen LogP contribution in [0.4, 0.5) is 10.1 Å². The number of aromatic nitrogens is 1. The second-order valence-corrected chi connectivity index (χ2v) is 14.0. The smallest absolute Gasteiger partial charge is 0.337 e. The predicted octanol–water partition coefficient (Wildman–Crippen LogP) is 7.26. The van der Waals surface area contributed by atoms with Crippen molar-refractivity contribution >= 4 is 11.7 Å². The summed E-state index contributed by atoms with van der Waals surface area (Å²) in [4.78, 5) is 20.4. The maximum Gasteiger partial charge on any atom is 0.337 e. The van der Waals surface area contributed by atoms with E-state index in [4.69, 9.17) is 19.2 Å². The number of hydrogen-bond acceptors (Lipinski definition) is 7. The molecule has 1 saturated carbocycles. The zero-order chi connectivity index (χ0) is 33.6. The number of ether oxygens (including phenoxy) is 3. The molecule has 1 aliphatic heterocycles. The zero-order valence-corrected chi connectivity index (χ0v) is 28.5. The summed E-state index contributed by atoms with van der Waals surface area (Å²) in [6, 6.07) is 14.4. The molecule has 0 bridgehead atoms. The quantitative estimate of drug-likeness (QED) is 0.177. The van der Waals surface area contributed by atoms with E-state index >= 15 is 0 Å². The Morgan fingerprint density at radius 3 is 2.30 bits per heavy atom. The molecule has 2 aliphatic rings. The first-order chi connectivity index (χ1) is 22.5. The summed E-state index contributed by atoms with van der Waals surface area (Å²) in [6.07, 6.45) is 5.51. The third-order valence-electron chi connectivity index (χ3n) is 9.48. The summed E-state index contributed by atoms with van der Waals surface area (Å²) >= 11 is 0. The van der Waals surface area contributed by atoms with E-state index in [1.54, 1.807) is 19.2 Å². The van der Waals surface area contributed by atoms with Crippen LogP contribution in [0.3, 0.4) is 0 Å². The molecule has 2 heterocycles. The largest absolute Gasteiger partial charge is 0.493 e. The third kappa shape index (κ3) is 8.69. The van der Waals surface area contributed by atoms with Crippen molar-refractivity contribution in [1.82, 2.24) is 10.3 Å². The minimum absolute atomic E-state index is 0.251. The average Bonchev–Trinajstić information content (AvgIpc) is 3.02.